The van der Waals surface area contributed by atoms with Gasteiger partial charge in [0.15, 0.2) is 0 Å². The van der Waals surface area contributed by atoms with Crippen molar-refractivity contribution in [1.82, 2.24) is 0 Å². The molecule has 0 aliphatic heterocycles. The molecule has 0 spiro atoms. The third-order valence-corrected chi connectivity index (χ3v) is 3.43. The van der Waals surface area contributed by atoms with Gasteiger partial charge in [-0.05, 0) is 36.5 Å². The first-order valence-electron chi connectivity index (χ1n) is 4.69. The molecule has 0 N–H and O–H groups in total. The third kappa shape index (κ3) is 1.85. The van der Waals surface area contributed by atoms with Crippen molar-refractivity contribution < 1.29 is 0 Å². The van der Waals surface area contributed by atoms with Crippen molar-refractivity contribution in [1.29, 1.82) is 0 Å². The maximum Gasteiger partial charge on any atom is -0.0231 e. The number of hydrogen-bond acceptors (Lipinski definition) is 0. The van der Waals surface area contributed by atoms with Crippen LogP contribution in [0.1, 0.15) is 40.0 Å². The molecule has 0 radical (unpaired) electrons. The van der Waals surface area contributed by atoms with Gasteiger partial charge >= 0.3 is 0 Å². The van der Waals surface area contributed by atoms with E-state index in [9.17, 15) is 0 Å². The highest BCUT2D eigenvalue weighted by atomic mass is 14.4. The summed E-state index contributed by atoms with van der Waals surface area (Å²) >= 11 is 0. The predicted molar refractivity (Wildman–Crippen MR) is 50.5 cm³/mol. The molecule has 1 saturated carbocycles. The van der Waals surface area contributed by atoms with Gasteiger partial charge in [0.05, 0.1) is 0 Å². The summed E-state index contributed by atoms with van der Waals surface area (Å²) in [5.74, 6) is 1.67. The van der Waals surface area contributed by atoms with Crippen molar-refractivity contribution in [3.63, 3.8) is 0 Å². The van der Waals surface area contributed by atoms with Gasteiger partial charge in [0.25, 0.3) is 0 Å². The second-order valence-corrected chi connectivity index (χ2v) is 4.67. The molecular formula is C11H20. The van der Waals surface area contributed by atoms with Crippen molar-refractivity contribution in [2.75, 3.05) is 0 Å². The van der Waals surface area contributed by atoms with Crippen molar-refractivity contribution in [3.8, 4) is 0 Å². The van der Waals surface area contributed by atoms with Crippen LogP contribution in [0.2, 0.25) is 0 Å². The molecule has 0 saturated heterocycles. The van der Waals surface area contributed by atoms with Crippen molar-refractivity contribution in [2.24, 2.45) is 17.3 Å². The van der Waals surface area contributed by atoms with Crippen LogP contribution in [0.25, 0.3) is 0 Å². The summed E-state index contributed by atoms with van der Waals surface area (Å²) < 4.78 is 0. The van der Waals surface area contributed by atoms with Gasteiger partial charge in [-0.15, -0.1) is 6.58 Å². The molecule has 64 valence electrons. The van der Waals surface area contributed by atoms with E-state index in [1.807, 2.05) is 0 Å². The summed E-state index contributed by atoms with van der Waals surface area (Å²) in [4.78, 5) is 0. The Morgan fingerprint density at radius 3 is 2.45 bits per heavy atom. The van der Waals surface area contributed by atoms with E-state index in [2.05, 4.69) is 33.4 Å². The molecule has 1 rings (SSSR count). The molecule has 1 aliphatic rings. The van der Waals surface area contributed by atoms with E-state index in [0.29, 0.717) is 5.41 Å². The first-order chi connectivity index (χ1) is 5.06. The number of rotatable bonds is 1. The number of hydrogen-bond donors (Lipinski definition) is 0. The zero-order valence-electron chi connectivity index (χ0n) is 8.06. The lowest BCUT2D eigenvalue weighted by molar-refractivity contribution is 0.126. The molecule has 0 aromatic heterocycles. The zero-order chi connectivity index (χ0) is 8.48. The van der Waals surface area contributed by atoms with Crippen LogP contribution in [0.15, 0.2) is 12.7 Å². The SMILES string of the molecule is C=C[C@@H]1CC[C@@H](C)C(C)(C)C1. The first kappa shape index (κ1) is 8.83. The van der Waals surface area contributed by atoms with Gasteiger partial charge in [0.2, 0.25) is 0 Å². The Kier molecular flexibility index (Phi) is 2.41. The molecule has 0 amide bonds. The summed E-state index contributed by atoms with van der Waals surface area (Å²) in [5.41, 5.74) is 0.539. The van der Waals surface area contributed by atoms with E-state index in [1.54, 1.807) is 0 Å². The lowest BCUT2D eigenvalue weighted by atomic mass is 9.66. The topological polar surface area (TPSA) is 0 Å². The van der Waals surface area contributed by atoms with Crippen LogP contribution < -0.4 is 0 Å². The number of allylic oxidation sites excluding steroid dienone is 1. The fourth-order valence-corrected chi connectivity index (χ4v) is 2.03. The van der Waals surface area contributed by atoms with E-state index >= 15 is 0 Å². The molecule has 0 aromatic rings. The largest absolute Gasteiger partial charge is 0.103 e. The Hall–Kier alpha value is -0.260. The minimum atomic E-state index is 0.539. The Labute approximate surface area is 70.7 Å². The zero-order valence-corrected chi connectivity index (χ0v) is 8.06. The molecular weight excluding hydrogens is 132 g/mol. The van der Waals surface area contributed by atoms with Gasteiger partial charge in [-0.3, -0.25) is 0 Å². The summed E-state index contributed by atoms with van der Waals surface area (Å²) in [6.45, 7) is 11.0. The fraction of sp³-hybridized carbons (Fsp3) is 0.818. The van der Waals surface area contributed by atoms with Gasteiger partial charge in [-0.2, -0.15) is 0 Å². The normalized spacial score (nSPS) is 36.6. The van der Waals surface area contributed by atoms with E-state index in [4.69, 9.17) is 0 Å². The standard InChI is InChI=1S/C11H20/c1-5-10-7-6-9(2)11(3,4)8-10/h5,9-10H,1,6-8H2,2-4H3/t9-,10-/m1/s1. The van der Waals surface area contributed by atoms with Crippen LogP contribution >= 0.6 is 0 Å². The molecule has 0 nitrogen and oxygen atoms in total. The molecule has 0 heteroatoms. The second kappa shape index (κ2) is 3.00. The smallest absolute Gasteiger partial charge is 0.0231 e. The van der Waals surface area contributed by atoms with Gasteiger partial charge < -0.3 is 0 Å². The van der Waals surface area contributed by atoms with Crippen LogP contribution in [0.5, 0.6) is 0 Å². The minimum Gasteiger partial charge on any atom is -0.103 e. The highest BCUT2D eigenvalue weighted by molar-refractivity contribution is 4.91. The van der Waals surface area contributed by atoms with E-state index in [-0.39, 0.29) is 0 Å². The fourth-order valence-electron chi connectivity index (χ4n) is 2.03. The van der Waals surface area contributed by atoms with Gasteiger partial charge in [-0.25, -0.2) is 0 Å². The van der Waals surface area contributed by atoms with E-state index < -0.39 is 0 Å². The van der Waals surface area contributed by atoms with Crippen LogP contribution in [0.4, 0.5) is 0 Å². The summed E-state index contributed by atoms with van der Waals surface area (Å²) in [6, 6.07) is 0. The third-order valence-electron chi connectivity index (χ3n) is 3.43. The first-order valence-corrected chi connectivity index (χ1v) is 4.69. The highest BCUT2D eigenvalue weighted by Crippen LogP contribution is 2.43. The molecule has 0 unspecified atom stereocenters. The van der Waals surface area contributed by atoms with Crippen LogP contribution in [-0.2, 0) is 0 Å². The predicted octanol–water partition coefficient (Wildman–Crippen LogP) is 3.63. The molecule has 11 heavy (non-hydrogen) atoms. The highest BCUT2D eigenvalue weighted by Gasteiger charge is 2.32. The summed E-state index contributed by atoms with van der Waals surface area (Å²) in [5, 5.41) is 0. The van der Waals surface area contributed by atoms with Crippen LogP contribution in [0.3, 0.4) is 0 Å². The Morgan fingerprint density at radius 1 is 1.36 bits per heavy atom. The molecule has 0 heterocycles. The maximum absolute atomic E-state index is 3.87. The molecule has 1 aliphatic carbocycles. The molecule has 0 aromatic carbocycles. The van der Waals surface area contributed by atoms with Crippen molar-refractivity contribution >= 4 is 0 Å². The van der Waals surface area contributed by atoms with Crippen LogP contribution in [-0.4, -0.2) is 0 Å². The Balaban J connectivity index is 2.58. The van der Waals surface area contributed by atoms with Crippen molar-refractivity contribution in [2.45, 2.75) is 40.0 Å². The quantitative estimate of drug-likeness (QED) is 0.503. The van der Waals surface area contributed by atoms with Gasteiger partial charge in [-0.1, -0.05) is 26.8 Å². The maximum atomic E-state index is 3.87. The van der Waals surface area contributed by atoms with E-state index in [1.165, 1.54) is 19.3 Å². The lowest BCUT2D eigenvalue weighted by Crippen LogP contribution is -2.29. The average molecular weight is 152 g/mol. The molecule has 2 atom stereocenters. The average Bonchev–Trinajstić information content (AvgIpc) is 1.95. The van der Waals surface area contributed by atoms with Crippen molar-refractivity contribution in [3.05, 3.63) is 12.7 Å². The molecule has 1 fully saturated rings. The second-order valence-electron chi connectivity index (χ2n) is 4.67. The van der Waals surface area contributed by atoms with Gasteiger partial charge in [0, 0.05) is 0 Å². The van der Waals surface area contributed by atoms with Gasteiger partial charge in [0.1, 0.15) is 0 Å². The Morgan fingerprint density at radius 2 is 2.00 bits per heavy atom. The summed E-state index contributed by atoms with van der Waals surface area (Å²) in [7, 11) is 0. The van der Waals surface area contributed by atoms with E-state index in [0.717, 1.165) is 11.8 Å². The van der Waals surface area contributed by atoms with Crippen LogP contribution in [0, 0.1) is 17.3 Å². The molecule has 0 bridgehead atoms. The lowest BCUT2D eigenvalue weighted by Gasteiger charge is -2.39. The monoisotopic (exact) mass is 152 g/mol. The Bertz CT molecular complexity index is 144. The minimum absolute atomic E-state index is 0.539. The summed E-state index contributed by atoms with van der Waals surface area (Å²) in [6.07, 6.45) is 6.20.